The second kappa shape index (κ2) is 8.21. The summed E-state index contributed by atoms with van der Waals surface area (Å²) in [6.07, 6.45) is 5.39. The number of hydrazone groups is 1. The minimum Gasteiger partial charge on any atom is -0.273 e. The number of thioether (sulfide) groups is 1. The lowest BCUT2D eigenvalue weighted by atomic mass is 10.2. The molecule has 0 fully saturated rings. The predicted octanol–water partition coefficient (Wildman–Crippen LogP) is 3.02. The van der Waals surface area contributed by atoms with Gasteiger partial charge in [0.05, 0.1) is 6.21 Å². The number of pyridine rings is 1. The van der Waals surface area contributed by atoms with Gasteiger partial charge in [-0.2, -0.15) is 5.10 Å². The molecule has 0 aliphatic rings. The van der Waals surface area contributed by atoms with Crippen molar-refractivity contribution in [1.82, 2.24) is 10.4 Å². The Hall–Kier alpha value is -2.14. The van der Waals surface area contributed by atoms with E-state index in [2.05, 4.69) is 46.7 Å². The van der Waals surface area contributed by atoms with E-state index >= 15 is 0 Å². The van der Waals surface area contributed by atoms with Gasteiger partial charge in [-0.1, -0.05) is 23.8 Å². The molecule has 4 nitrogen and oxygen atoms in total. The fraction of sp³-hybridized carbons (Fsp3) is 0.188. The van der Waals surface area contributed by atoms with Gasteiger partial charge in [-0.25, -0.2) is 5.43 Å². The highest BCUT2D eigenvalue weighted by Crippen LogP contribution is 2.18. The van der Waals surface area contributed by atoms with Crippen LogP contribution < -0.4 is 5.43 Å². The molecule has 0 bridgehead atoms. The van der Waals surface area contributed by atoms with Crippen LogP contribution in [0.15, 0.2) is 58.8 Å². The van der Waals surface area contributed by atoms with E-state index in [-0.39, 0.29) is 5.91 Å². The van der Waals surface area contributed by atoms with Gasteiger partial charge in [0.15, 0.2) is 0 Å². The second-order valence-corrected chi connectivity index (χ2v) is 5.66. The quantitative estimate of drug-likeness (QED) is 0.507. The van der Waals surface area contributed by atoms with Crippen molar-refractivity contribution in [2.24, 2.45) is 5.10 Å². The zero-order chi connectivity index (χ0) is 14.9. The van der Waals surface area contributed by atoms with Crippen molar-refractivity contribution in [2.45, 2.75) is 18.2 Å². The molecule has 1 N–H and O–H groups in total. The number of hydrogen-bond donors (Lipinski definition) is 1. The molecule has 0 saturated heterocycles. The molecule has 0 aliphatic carbocycles. The first-order valence-electron chi connectivity index (χ1n) is 6.65. The lowest BCUT2D eigenvalue weighted by molar-refractivity contribution is -0.120. The van der Waals surface area contributed by atoms with Crippen LogP contribution in [0.2, 0.25) is 0 Å². The molecular formula is C16H17N3OS. The van der Waals surface area contributed by atoms with Crippen LogP contribution in [0, 0.1) is 6.92 Å². The molecular weight excluding hydrogens is 282 g/mol. The Labute approximate surface area is 128 Å². The second-order valence-electron chi connectivity index (χ2n) is 4.49. The Morgan fingerprint density at radius 2 is 2.14 bits per heavy atom. The largest absolute Gasteiger partial charge is 0.273 e. The fourth-order valence-electron chi connectivity index (χ4n) is 1.58. The van der Waals surface area contributed by atoms with Crippen LogP contribution in [-0.2, 0) is 4.79 Å². The molecule has 2 rings (SSSR count). The van der Waals surface area contributed by atoms with Crippen molar-refractivity contribution in [3.8, 4) is 0 Å². The van der Waals surface area contributed by atoms with Crippen molar-refractivity contribution >= 4 is 23.9 Å². The number of aromatic nitrogens is 1. The molecule has 0 atom stereocenters. The van der Waals surface area contributed by atoms with E-state index in [1.165, 1.54) is 10.5 Å². The summed E-state index contributed by atoms with van der Waals surface area (Å²) in [6, 6.07) is 12.0. The molecule has 0 spiro atoms. The lowest BCUT2D eigenvalue weighted by Crippen LogP contribution is -2.17. The number of aryl methyl sites for hydroxylation is 1. The number of hydrogen-bond acceptors (Lipinski definition) is 4. The van der Waals surface area contributed by atoms with Gasteiger partial charge in [-0.05, 0) is 25.1 Å². The van der Waals surface area contributed by atoms with Gasteiger partial charge in [0.25, 0.3) is 0 Å². The molecule has 108 valence electrons. The van der Waals surface area contributed by atoms with Crippen LogP contribution in [0.5, 0.6) is 0 Å². The Balaban J connectivity index is 1.68. The number of nitrogens with zero attached hydrogens (tertiary/aromatic N) is 2. The number of amides is 1. The van der Waals surface area contributed by atoms with E-state index in [4.69, 9.17) is 0 Å². The summed E-state index contributed by atoms with van der Waals surface area (Å²) in [6.45, 7) is 2.06. The van der Waals surface area contributed by atoms with Crippen LogP contribution in [-0.4, -0.2) is 22.9 Å². The van der Waals surface area contributed by atoms with Crippen LogP contribution in [0.1, 0.15) is 17.5 Å². The number of nitrogens with one attached hydrogen (secondary N) is 1. The molecule has 1 heterocycles. The third-order valence-electron chi connectivity index (χ3n) is 2.71. The molecule has 21 heavy (non-hydrogen) atoms. The van der Waals surface area contributed by atoms with E-state index in [1.807, 2.05) is 12.1 Å². The number of carbonyl (C=O) groups excluding carboxylic acids is 1. The van der Waals surface area contributed by atoms with Crippen molar-refractivity contribution in [3.05, 3.63) is 59.9 Å². The summed E-state index contributed by atoms with van der Waals surface area (Å²) >= 11 is 1.66. The molecule has 0 saturated carbocycles. The number of carbonyl (C=O) groups is 1. The zero-order valence-electron chi connectivity index (χ0n) is 11.8. The lowest BCUT2D eigenvalue weighted by Gasteiger charge is -2.02. The van der Waals surface area contributed by atoms with Crippen molar-refractivity contribution < 1.29 is 4.79 Å². The molecule has 1 aromatic carbocycles. The first kappa shape index (κ1) is 15.3. The first-order valence-corrected chi connectivity index (χ1v) is 7.64. The van der Waals surface area contributed by atoms with E-state index in [0.29, 0.717) is 6.42 Å². The van der Waals surface area contributed by atoms with Gasteiger partial charge in [0, 0.05) is 35.0 Å². The van der Waals surface area contributed by atoms with Crippen molar-refractivity contribution in [2.75, 3.05) is 5.75 Å². The van der Waals surface area contributed by atoms with Crippen molar-refractivity contribution in [1.29, 1.82) is 0 Å². The van der Waals surface area contributed by atoms with Gasteiger partial charge in [0.1, 0.15) is 0 Å². The van der Waals surface area contributed by atoms with Crippen LogP contribution in [0.3, 0.4) is 0 Å². The molecule has 1 aromatic heterocycles. The maximum absolute atomic E-state index is 11.6. The average Bonchev–Trinajstić information content (AvgIpc) is 2.50. The van der Waals surface area contributed by atoms with E-state index in [9.17, 15) is 4.79 Å². The molecule has 5 heteroatoms. The van der Waals surface area contributed by atoms with Gasteiger partial charge in [0.2, 0.25) is 5.91 Å². The van der Waals surface area contributed by atoms with Gasteiger partial charge >= 0.3 is 0 Å². The van der Waals surface area contributed by atoms with Gasteiger partial charge in [-0.3, -0.25) is 9.78 Å². The highest BCUT2D eigenvalue weighted by molar-refractivity contribution is 7.99. The summed E-state index contributed by atoms with van der Waals surface area (Å²) in [5.41, 5.74) is 4.61. The SMILES string of the molecule is Cc1ccc(SCCC(=O)N/N=C\c2cccnc2)cc1. The highest BCUT2D eigenvalue weighted by Gasteiger charge is 2.00. The normalized spacial score (nSPS) is 10.7. The summed E-state index contributed by atoms with van der Waals surface area (Å²) < 4.78 is 0. The van der Waals surface area contributed by atoms with Crippen LogP contribution in [0.25, 0.3) is 0 Å². The Morgan fingerprint density at radius 1 is 1.33 bits per heavy atom. The minimum absolute atomic E-state index is 0.0882. The molecule has 0 aliphatic heterocycles. The number of benzene rings is 1. The summed E-state index contributed by atoms with van der Waals surface area (Å²) in [4.78, 5) is 16.8. The monoisotopic (exact) mass is 299 g/mol. The molecule has 0 radical (unpaired) electrons. The Kier molecular flexibility index (Phi) is 5.97. The maximum Gasteiger partial charge on any atom is 0.240 e. The minimum atomic E-state index is -0.0882. The third kappa shape index (κ3) is 5.79. The predicted molar refractivity (Wildman–Crippen MR) is 86.5 cm³/mol. The fourth-order valence-corrected chi connectivity index (χ4v) is 2.43. The van der Waals surface area contributed by atoms with Gasteiger partial charge in [-0.15, -0.1) is 11.8 Å². The Morgan fingerprint density at radius 3 is 2.86 bits per heavy atom. The average molecular weight is 299 g/mol. The zero-order valence-corrected chi connectivity index (χ0v) is 12.6. The van der Waals surface area contributed by atoms with Crippen LogP contribution in [0.4, 0.5) is 0 Å². The number of rotatable bonds is 6. The molecule has 0 unspecified atom stereocenters. The summed E-state index contributed by atoms with van der Waals surface area (Å²) in [7, 11) is 0. The van der Waals surface area contributed by atoms with Crippen molar-refractivity contribution in [3.63, 3.8) is 0 Å². The Bertz CT molecular complexity index is 597. The molecule has 1 amide bonds. The topological polar surface area (TPSA) is 54.4 Å². The summed E-state index contributed by atoms with van der Waals surface area (Å²) in [5, 5.41) is 3.90. The smallest absolute Gasteiger partial charge is 0.240 e. The maximum atomic E-state index is 11.6. The van der Waals surface area contributed by atoms with E-state index in [1.54, 1.807) is 30.4 Å². The highest BCUT2D eigenvalue weighted by atomic mass is 32.2. The first-order chi connectivity index (χ1) is 10.2. The third-order valence-corrected chi connectivity index (χ3v) is 3.72. The van der Waals surface area contributed by atoms with E-state index in [0.717, 1.165) is 11.3 Å². The molecule has 2 aromatic rings. The van der Waals surface area contributed by atoms with E-state index < -0.39 is 0 Å². The van der Waals surface area contributed by atoms with Gasteiger partial charge < -0.3 is 0 Å². The van der Waals surface area contributed by atoms with Crippen LogP contribution >= 0.6 is 11.8 Å². The standard InChI is InChI=1S/C16H17N3OS/c1-13-4-6-15(7-5-13)21-10-8-16(20)19-18-12-14-3-2-9-17-11-14/h2-7,9,11-12H,8,10H2,1H3,(H,19,20)/b18-12-. The summed E-state index contributed by atoms with van der Waals surface area (Å²) in [5.74, 6) is 0.645.